The van der Waals surface area contributed by atoms with Crippen LogP contribution in [-0.4, -0.2) is 172 Å². The van der Waals surface area contributed by atoms with Gasteiger partial charge in [0.1, 0.15) is 36.3 Å². The van der Waals surface area contributed by atoms with E-state index in [1.165, 1.54) is 43.0 Å². The minimum Gasteiger partial charge on any atom is -0.396 e. The molecule has 8 rings (SSSR count). The third kappa shape index (κ3) is 25.3. The van der Waals surface area contributed by atoms with Crippen molar-refractivity contribution in [2.24, 2.45) is 69.7 Å². The van der Waals surface area contributed by atoms with E-state index in [2.05, 4.69) is 47.5 Å². The number of nitrogens with one attached hydrogen (secondary N) is 8. The van der Waals surface area contributed by atoms with Crippen LogP contribution >= 0.6 is 11.6 Å². The number of hydrogen-bond acceptors (Lipinski definition) is 18. The van der Waals surface area contributed by atoms with Gasteiger partial charge in [0.25, 0.3) is 0 Å². The van der Waals surface area contributed by atoms with Gasteiger partial charge in [0.2, 0.25) is 53.2 Å². The second-order valence-corrected chi connectivity index (χ2v) is 31.0. The number of aliphatic hydroxyl groups excluding tert-OH is 1. The van der Waals surface area contributed by atoms with E-state index in [-0.39, 0.29) is 75.0 Å². The lowest BCUT2D eigenvalue weighted by Crippen LogP contribution is -2.63. The van der Waals surface area contributed by atoms with Gasteiger partial charge in [-0.15, -0.1) is 0 Å². The number of benzene rings is 5. The summed E-state index contributed by atoms with van der Waals surface area (Å²) in [5, 5.41) is 37.3. The third-order valence-electron chi connectivity index (χ3n) is 21.1. The molecule has 3 heterocycles. The molecule has 0 saturated carbocycles. The van der Waals surface area contributed by atoms with Crippen LogP contribution in [0.25, 0.3) is 10.8 Å². The summed E-state index contributed by atoms with van der Waals surface area (Å²) >= 11 is 6.47. The van der Waals surface area contributed by atoms with Gasteiger partial charge in [0.05, 0.1) is 18.0 Å². The number of pyridine rings is 1. The average Bonchev–Trinajstić information content (AvgIpc) is 1.32. The molecule has 2 saturated heterocycles. The molecule has 5 unspecified atom stereocenters. The highest BCUT2D eigenvalue weighted by molar-refractivity contribution is 6.30. The Labute approximate surface area is 664 Å². The van der Waals surface area contributed by atoms with E-state index in [1.54, 1.807) is 54.9 Å². The number of urea groups is 2. The number of fused-ring (bicyclic) bond motifs is 1. The van der Waals surface area contributed by atoms with E-state index in [0.29, 0.717) is 59.6 Å². The summed E-state index contributed by atoms with van der Waals surface area (Å²) in [7, 11) is 0. The van der Waals surface area contributed by atoms with Crippen molar-refractivity contribution < 1.29 is 57.8 Å². The SMILES string of the molecule is CC(=O)N[C@H](Cc1ccc2ccccc2c1)C(N)[C@H](Cc1ccc(Cl)cc1)C(N)[C@@H](Cc1cccnc1)C(N)[C@H](CO)C(N)[C@H](Cc1ccc(N2C(=O)C[C@H](C(N)=O)NC2=O)cc1)C(=O)N[C@H](Cc1ccc(NC(N)=O)cc1)C(=O)N[C@@H](CC(C)C)C(=O)N[C@@H](CCCCNC(C)C)C(=O)N1CCCC1C(=O)N[C@H](C)C(N)=O. The lowest BCUT2D eigenvalue weighted by molar-refractivity contribution is -0.142. The minimum absolute atomic E-state index is 0.0207. The van der Waals surface area contributed by atoms with Crippen LogP contribution in [0.4, 0.5) is 21.0 Å². The van der Waals surface area contributed by atoms with Gasteiger partial charge in [-0.1, -0.05) is 124 Å². The van der Waals surface area contributed by atoms with Crippen LogP contribution in [0.15, 0.2) is 140 Å². The Balaban J connectivity index is 1.19. The topological polar surface area (TPSA) is 506 Å². The summed E-state index contributed by atoms with van der Waals surface area (Å²) in [5.41, 5.74) is 50.7. The number of hydrogen-bond donors (Lipinski definition) is 16. The predicted molar refractivity (Wildman–Crippen MR) is 432 cm³/mol. The summed E-state index contributed by atoms with van der Waals surface area (Å²) in [6.45, 7) is 10.5. The maximum atomic E-state index is 16.1. The van der Waals surface area contributed by atoms with E-state index in [4.69, 9.17) is 51.7 Å². The summed E-state index contributed by atoms with van der Waals surface area (Å²) in [6, 6.07) is 22.8. The largest absolute Gasteiger partial charge is 0.396 e. The summed E-state index contributed by atoms with van der Waals surface area (Å²) in [5.74, 6) is -10.9. The Hall–Kier alpha value is -10.5. The first-order valence-electron chi connectivity index (χ1n) is 38.5. The van der Waals surface area contributed by atoms with Crippen molar-refractivity contribution in [3.8, 4) is 0 Å². The molecule has 2 fully saturated rings. The molecule has 608 valence electrons. The number of nitrogens with two attached hydrogens (primary N) is 7. The van der Waals surface area contributed by atoms with Crippen LogP contribution in [0.5, 0.6) is 0 Å². The third-order valence-corrected chi connectivity index (χ3v) is 21.4. The Morgan fingerprint density at radius 2 is 1.22 bits per heavy atom. The van der Waals surface area contributed by atoms with Gasteiger partial charge in [-0.3, -0.25) is 48.1 Å². The van der Waals surface area contributed by atoms with Gasteiger partial charge in [-0.25, -0.2) is 14.5 Å². The number of imide groups is 1. The fourth-order valence-electron chi connectivity index (χ4n) is 15.0. The van der Waals surface area contributed by atoms with Gasteiger partial charge in [-0.05, 0) is 176 Å². The fourth-order valence-corrected chi connectivity index (χ4v) is 15.1. The Kier molecular flexibility index (Phi) is 32.7. The standard InChI is InChI=1S/C82H111ClN18O12/c1-45(2)35-66(77(108)96-63(16-9-10-33-92-46(3)4)80(111)100-34-12-17-68(100)79(110)93-47(5)74(88)105)98-78(109)67(40-51-21-28-57(29-22-51)95-81(90)112)97-76(107)61(38-50-23-30-58(31-24-50)101-69(104)42-65(75(89)106)99-82(101)113)72(86)62(44-102)71(85)59(39-53-13-11-32-91-43-53)70(84)60(37-49-19-26-56(83)27-20-49)73(87)64(94-48(6)103)41-52-18-25-54-14-7-8-15-55(54)36-52/h7-8,11,13-15,18-32,36,43,45-47,59-68,70-73,92,102H,9-10,12,16-17,33-35,37-42,44,84-87H2,1-6H3,(H2,88,105)(H2,89,106)(H,93,110)(H,94,103)(H,96,108)(H,97,107)(H,98,109)(H,99,113)(H3,90,95,112)/t47-,59-,60-,61+,62+,63+,64-,65-,66+,67-,68?,70?,71?,72?,73?/m1/s1. The normalized spacial score (nSPS) is 17.9. The molecule has 0 spiro atoms. The van der Waals surface area contributed by atoms with E-state index >= 15 is 14.4 Å². The van der Waals surface area contributed by atoms with Crippen molar-refractivity contribution >= 4 is 99.0 Å². The number of carbonyl (C=O) groups is 11. The highest BCUT2D eigenvalue weighted by atomic mass is 35.5. The zero-order valence-corrected chi connectivity index (χ0v) is 65.7. The van der Waals surface area contributed by atoms with Gasteiger partial charge in [0, 0.05) is 91.8 Å². The van der Waals surface area contributed by atoms with Crippen molar-refractivity contribution in [3.05, 3.63) is 173 Å². The molecule has 31 heteroatoms. The van der Waals surface area contributed by atoms with Gasteiger partial charge >= 0.3 is 12.1 Å². The van der Waals surface area contributed by atoms with Crippen molar-refractivity contribution in [1.82, 2.24) is 47.1 Å². The first kappa shape index (κ1) is 88.1. The smallest absolute Gasteiger partial charge is 0.329 e. The number of primary amides is 3. The highest BCUT2D eigenvalue weighted by Crippen LogP contribution is 2.33. The molecule has 13 amide bonds. The molecule has 2 aliphatic rings. The van der Waals surface area contributed by atoms with E-state index in [1.807, 2.05) is 88.4 Å². The van der Waals surface area contributed by atoms with Gasteiger partial charge in [0.15, 0.2) is 0 Å². The molecule has 5 aromatic carbocycles. The molecule has 15 atom stereocenters. The van der Waals surface area contributed by atoms with Crippen LogP contribution < -0.4 is 87.6 Å². The van der Waals surface area contributed by atoms with Gasteiger partial charge < -0.3 is 92.7 Å². The van der Waals surface area contributed by atoms with E-state index in [0.717, 1.165) is 26.8 Å². The predicted octanol–water partition coefficient (Wildman–Crippen LogP) is 3.11. The summed E-state index contributed by atoms with van der Waals surface area (Å²) < 4.78 is 0. The zero-order chi connectivity index (χ0) is 82.3. The second kappa shape index (κ2) is 41.9. The number of amides is 13. The number of likely N-dealkylation sites (tertiary alicyclic amines) is 1. The number of aliphatic hydroxyl groups is 1. The molecule has 1 aromatic heterocycles. The monoisotopic (exact) mass is 1570 g/mol. The van der Waals surface area contributed by atoms with Crippen LogP contribution in [0.1, 0.15) is 114 Å². The number of rotatable bonds is 41. The lowest BCUT2D eigenvalue weighted by atomic mass is 9.69. The lowest BCUT2D eigenvalue weighted by Gasteiger charge is -2.43. The first-order valence-corrected chi connectivity index (χ1v) is 38.9. The maximum absolute atomic E-state index is 16.1. The van der Waals surface area contributed by atoms with Crippen LogP contribution in [0.2, 0.25) is 5.02 Å². The van der Waals surface area contributed by atoms with Crippen LogP contribution in [0.3, 0.4) is 0 Å². The molecule has 0 bridgehead atoms. The molecule has 0 radical (unpaired) electrons. The maximum Gasteiger partial charge on any atom is 0.329 e. The van der Waals surface area contributed by atoms with Crippen molar-refractivity contribution in [2.45, 2.75) is 191 Å². The van der Waals surface area contributed by atoms with E-state index in [9.17, 15) is 43.5 Å². The van der Waals surface area contributed by atoms with Gasteiger partial charge in [-0.2, -0.15) is 0 Å². The van der Waals surface area contributed by atoms with Crippen molar-refractivity contribution in [1.29, 1.82) is 0 Å². The number of halogens is 1. The quantitative estimate of drug-likeness (QED) is 0.0245. The molecule has 2 aliphatic heterocycles. The summed E-state index contributed by atoms with van der Waals surface area (Å²) in [4.78, 5) is 158. The Morgan fingerprint density at radius 3 is 1.84 bits per heavy atom. The number of nitrogens with zero attached hydrogens (tertiary/aromatic N) is 3. The Bertz CT molecular complexity index is 4240. The molecule has 30 nitrogen and oxygen atoms in total. The minimum atomic E-state index is -1.56. The average molecular weight is 1580 g/mol. The molecular formula is C82H111ClN18O12. The number of unbranched alkanes of at least 4 members (excludes halogenated alkanes) is 1. The van der Waals surface area contributed by atoms with Crippen LogP contribution in [-0.2, 0) is 75.3 Å². The van der Waals surface area contributed by atoms with Crippen molar-refractivity contribution in [2.75, 3.05) is 29.9 Å². The first-order chi connectivity index (χ1) is 53.8. The number of aromatic nitrogens is 1. The van der Waals surface area contributed by atoms with Crippen LogP contribution in [0, 0.1) is 29.6 Å². The summed E-state index contributed by atoms with van der Waals surface area (Å²) in [6.07, 6.45) is 4.91. The molecule has 6 aromatic rings. The highest BCUT2D eigenvalue weighted by Gasteiger charge is 2.45. The fraction of sp³-hybridized carbons (Fsp3) is 0.463. The second-order valence-electron chi connectivity index (χ2n) is 30.5. The molecule has 23 N–H and O–H groups in total. The molecule has 113 heavy (non-hydrogen) atoms. The number of carbonyl (C=O) groups excluding carboxylic acids is 11. The Morgan fingerprint density at radius 1 is 0.619 bits per heavy atom. The van der Waals surface area contributed by atoms with Crippen molar-refractivity contribution in [3.63, 3.8) is 0 Å². The number of anilines is 2. The zero-order valence-electron chi connectivity index (χ0n) is 64.9. The molecule has 0 aliphatic carbocycles. The molecular weight excluding hydrogens is 1460 g/mol. The van der Waals surface area contributed by atoms with E-state index < -0.39 is 162 Å².